The number of carbonyl (C=O) groups excluding carboxylic acids is 1. The first kappa shape index (κ1) is 19.9. The van der Waals surface area contributed by atoms with Crippen LogP contribution >= 0.6 is 0 Å². The number of hydrogen-bond acceptors (Lipinski definition) is 2. The van der Waals surface area contributed by atoms with E-state index in [1.165, 1.54) is 44.9 Å². The quantitative estimate of drug-likeness (QED) is 0.441. The minimum Gasteiger partial charge on any atom is -0.385 e. The van der Waals surface area contributed by atoms with Crippen LogP contribution in [-0.4, -0.2) is 19.5 Å². The zero-order valence-electron chi connectivity index (χ0n) is 15.6. The fourth-order valence-electron chi connectivity index (χ4n) is 3.17. The number of allylic oxidation sites excluding steroid dienone is 5. The molecule has 1 rings (SSSR count). The van der Waals surface area contributed by atoms with Crippen molar-refractivity contribution in [2.75, 3.05) is 13.7 Å². The summed E-state index contributed by atoms with van der Waals surface area (Å²) in [5.74, 6) is 0.241. The summed E-state index contributed by atoms with van der Waals surface area (Å²) in [6.45, 7) is 11.0. The summed E-state index contributed by atoms with van der Waals surface area (Å²) in [5, 5.41) is 0. The van der Waals surface area contributed by atoms with Gasteiger partial charge in [-0.1, -0.05) is 45.1 Å². The molecule has 0 atom stereocenters. The lowest BCUT2D eigenvalue weighted by molar-refractivity contribution is -0.112. The molecular formula is C21H34O2. The highest BCUT2D eigenvalue weighted by atomic mass is 16.5. The molecule has 0 spiro atoms. The van der Waals surface area contributed by atoms with Crippen molar-refractivity contribution in [2.45, 2.75) is 78.6 Å². The molecule has 2 heteroatoms. The molecule has 0 amide bonds. The zero-order valence-corrected chi connectivity index (χ0v) is 15.6. The number of methoxy groups -OCH3 is 1. The molecule has 0 unspecified atom stereocenters. The maximum Gasteiger partial charge on any atom is 0.185 e. The van der Waals surface area contributed by atoms with Crippen molar-refractivity contribution in [3.63, 3.8) is 0 Å². The van der Waals surface area contributed by atoms with Gasteiger partial charge in [-0.3, -0.25) is 4.79 Å². The van der Waals surface area contributed by atoms with E-state index in [1.807, 2.05) is 20.8 Å². The Bertz CT molecular complexity index is 480. The monoisotopic (exact) mass is 318 g/mol. The highest BCUT2D eigenvalue weighted by Crippen LogP contribution is 2.33. The fourth-order valence-corrected chi connectivity index (χ4v) is 3.17. The van der Waals surface area contributed by atoms with Gasteiger partial charge < -0.3 is 4.74 Å². The van der Waals surface area contributed by atoms with Gasteiger partial charge in [-0.2, -0.15) is 0 Å². The fraction of sp³-hybridized carbons (Fsp3) is 0.667. The second-order valence-corrected chi connectivity index (χ2v) is 6.73. The molecule has 0 aromatic rings. The first-order valence-electron chi connectivity index (χ1n) is 9.11. The first-order chi connectivity index (χ1) is 11.0. The van der Waals surface area contributed by atoms with E-state index in [-0.39, 0.29) is 5.78 Å². The van der Waals surface area contributed by atoms with Crippen molar-refractivity contribution in [1.29, 1.82) is 0 Å². The predicted octanol–water partition coefficient (Wildman–Crippen LogP) is 5.94. The van der Waals surface area contributed by atoms with Crippen LogP contribution in [0.1, 0.15) is 78.6 Å². The second kappa shape index (κ2) is 10.6. The molecule has 0 radical (unpaired) electrons. The topological polar surface area (TPSA) is 26.3 Å². The normalized spacial score (nSPS) is 15.8. The molecule has 0 aliphatic heterocycles. The van der Waals surface area contributed by atoms with E-state index in [2.05, 4.69) is 6.58 Å². The van der Waals surface area contributed by atoms with Crippen molar-refractivity contribution >= 4 is 5.78 Å². The third-order valence-corrected chi connectivity index (χ3v) is 5.06. The molecule has 0 bridgehead atoms. The van der Waals surface area contributed by atoms with Crippen molar-refractivity contribution in [2.24, 2.45) is 0 Å². The number of ether oxygens (including phenoxy) is 1. The molecule has 130 valence electrons. The molecule has 0 saturated carbocycles. The number of carbonyl (C=O) groups is 1. The van der Waals surface area contributed by atoms with Crippen LogP contribution in [0.2, 0.25) is 0 Å². The van der Waals surface area contributed by atoms with E-state index in [0.29, 0.717) is 0 Å². The third-order valence-electron chi connectivity index (χ3n) is 5.06. The Morgan fingerprint density at radius 2 is 1.30 bits per heavy atom. The van der Waals surface area contributed by atoms with Crippen LogP contribution in [0.4, 0.5) is 0 Å². The van der Waals surface area contributed by atoms with Crippen molar-refractivity contribution in [3.05, 3.63) is 34.4 Å². The van der Waals surface area contributed by atoms with Gasteiger partial charge in [-0.25, -0.2) is 0 Å². The number of rotatable bonds is 11. The van der Waals surface area contributed by atoms with Crippen LogP contribution in [0, 0.1) is 0 Å². The number of ketones is 1. The van der Waals surface area contributed by atoms with Gasteiger partial charge in [-0.15, -0.1) is 0 Å². The number of hydrogen-bond donors (Lipinski definition) is 0. The Balaban J connectivity index is 2.21. The SMILES string of the molecule is C=C1C(C)=C(C)C(=O)C(CCCCCCCCCCOC)=C1C. The van der Waals surface area contributed by atoms with Crippen LogP contribution < -0.4 is 0 Å². The molecule has 0 saturated heterocycles. The maximum atomic E-state index is 12.4. The predicted molar refractivity (Wildman–Crippen MR) is 98.7 cm³/mol. The Labute approximate surface area is 142 Å². The lowest BCUT2D eigenvalue weighted by Gasteiger charge is -2.21. The van der Waals surface area contributed by atoms with Crippen LogP contribution in [0.15, 0.2) is 34.4 Å². The molecule has 0 heterocycles. The summed E-state index contributed by atoms with van der Waals surface area (Å²) in [6.07, 6.45) is 10.9. The molecule has 0 fully saturated rings. The lowest BCUT2D eigenvalue weighted by atomic mass is 9.82. The Kier molecular flexibility index (Phi) is 9.16. The zero-order chi connectivity index (χ0) is 17.2. The molecule has 2 nitrogen and oxygen atoms in total. The summed E-state index contributed by atoms with van der Waals surface area (Å²) in [5.41, 5.74) is 5.10. The Morgan fingerprint density at radius 3 is 1.87 bits per heavy atom. The second-order valence-electron chi connectivity index (χ2n) is 6.73. The number of unbranched alkanes of at least 4 members (excludes halogenated alkanes) is 7. The van der Waals surface area contributed by atoms with E-state index in [1.54, 1.807) is 7.11 Å². The summed E-state index contributed by atoms with van der Waals surface area (Å²) < 4.78 is 5.06. The number of Topliss-reactive ketones (excluding diaryl/α,β-unsaturated/α-hetero) is 1. The summed E-state index contributed by atoms with van der Waals surface area (Å²) in [6, 6.07) is 0. The van der Waals surface area contributed by atoms with Crippen LogP contribution in [0.3, 0.4) is 0 Å². The van der Waals surface area contributed by atoms with Gasteiger partial charge in [0.15, 0.2) is 5.78 Å². The van der Waals surface area contributed by atoms with E-state index in [0.717, 1.165) is 47.3 Å². The van der Waals surface area contributed by atoms with Gasteiger partial charge in [0, 0.05) is 24.9 Å². The van der Waals surface area contributed by atoms with Crippen LogP contribution in [-0.2, 0) is 9.53 Å². The average Bonchev–Trinajstić information content (AvgIpc) is 2.55. The van der Waals surface area contributed by atoms with Crippen LogP contribution in [0.25, 0.3) is 0 Å². The highest BCUT2D eigenvalue weighted by molar-refractivity contribution is 6.11. The van der Waals surface area contributed by atoms with E-state index in [4.69, 9.17) is 4.74 Å². The molecular weight excluding hydrogens is 284 g/mol. The molecule has 1 aliphatic rings. The van der Waals surface area contributed by atoms with Gasteiger partial charge in [0.05, 0.1) is 0 Å². The Morgan fingerprint density at radius 1 is 0.783 bits per heavy atom. The van der Waals surface area contributed by atoms with Gasteiger partial charge in [0.25, 0.3) is 0 Å². The summed E-state index contributed by atoms with van der Waals surface area (Å²) in [7, 11) is 1.77. The van der Waals surface area contributed by atoms with Gasteiger partial charge in [0.1, 0.15) is 0 Å². The minimum atomic E-state index is 0.241. The molecule has 0 aromatic carbocycles. The molecule has 23 heavy (non-hydrogen) atoms. The lowest BCUT2D eigenvalue weighted by Crippen LogP contribution is -2.15. The van der Waals surface area contributed by atoms with E-state index < -0.39 is 0 Å². The largest absolute Gasteiger partial charge is 0.385 e. The van der Waals surface area contributed by atoms with Crippen molar-refractivity contribution in [3.8, 4) is 0 Å². The standard InChI is InChI=1S/C21H34O2/c1-16-17(2)19(4)21(22)20(18(16)3)14-12-10-8-6-7-9-11-13-15-23-5/h1,6-15H2,2-5H3. The minimum absolute atomic E-state index is 0.241. The van der Waals surface area contributed by atoms with Gasteiger partial charge >= 0.3 is 0 Å². The van der Waals surface area contributed by atoms with E-state index >= 15 is 0 Å². The van der Waals surface area contributed by atoms with Crippen molar-refractivity contribution in [1.82, 2.24) is 0 Å². The van der Waals surface area contributed by atoms with Crippen LogP contribution in [0.5, 0.6) is 0 Å². The van der Waals surface area contributed by atoms with E-state index in [9.17, 15) is 4.79 Å². The van der Waals surface area contributed by atoms with Gasteiger partial charge in [-0.05, 0) is 56.8 Å². The third kappa shape index (κ3) is 6.10. The molecule has 1 aliphatic carbocycles. The maximum absolute atomic E-state index is 12.4. The van der Waals surface area contributed by atoms with Crippen molar-refractivity contribution < 1.29 is 9.53 Å². The smallest absolute Gasteiger partial charge is 0.185 e. The van der Waals surface area contributed by atoms with Gasteiger partial charge in [0.2, 0.25) is 0 Å². The highest BCUT2D eigenvalue weighted by Gasteiger charge is 2.23. The molecule has 0 aromatic heterocycles. The Hall–Kier alpha value is -1.15. The summed E-state index contributed by atoms with van der Waals surface area (Å²) >= 11 is 0. The summed E-state index contributed by atoms with van der Waals surface area (Å²) in [4.78, 5) is 12.4. The first-order valence-corrected chi connectivity index (χ1v) is 9.11. The average molecular weight is 319 g/mol. The molecule has 0 N–H and O–H groups in total.